The van der Waals surface area contributed by atoms with Crippen LogP contribution in [-0.2, 0) is 0 Å². The van der Waals surface area contributed by atoms with Gasteiger partial charge < -0.3 is 10.2 Å². The summed E-state index contributed by atoms with van der Waals surface area (Å²) in [5.41, 5.74) is 0. The van der Waals surface area contributed by atoms with Crippen molar-refractivity contribution in [3.8, 4) is 0 Å². The van der Waals surface area contributed by atoms with Gasteiger partial charge in [-0.2, -0.15) is 0 Å². The molecule has 96 valence electrons. The van der Waals surface area contributed by atoms with Crippen LogP contribution in [0.15, 0.2) is 17.6 Å². The molecular formula is C13H18N4S. The number of piperidine rings is 1. The summed E-state index contributed by atoms with van der Waals surface area (Å²) >= 11 is 1.69. The summed E-state index contributed by atoms with van der Waals surface area (Å²) < 4.78 is 0. The van der Waals surface area contributed by atoms with Crippen LogP contribution >= 0.6 is 11.3 Å². The van der Waals surface area contributed by atoms with Crippen molar-refractivity contribution < 1.29 is 0 Å². The van der Waals surface area contributed by atoms with E-state index in [9.17, 15) is 0 Å². The van der Waals surface area contributed by atoms with E-state index in [0.717, 1.165) is 35.8 Å². The van der Waals surface area contributed by atoms with Crippen molar-refractivity contribution in [2.45, 2.75) is 12.8 Å². The first kappa shape index (κ1) is 11.9. The second-order valence-corrected chi connectivity index (χ2v) is 5.76. The Morgan fingerprint density at radius 1 is 1.56 bits per heavy atom. The Balaban J connectivity index is 1.80. The Kier molecular flexibility index (Phi) is 3.43. The predicted molar refractivity (Wildman–Crippen MR) is 76.3 cm³/mol. The SMILES string of the molecule is CNCC1CCCN(c2ncc3ccsc3n2)C1. The van der Waals surface area contributed by atoms with E-state index < -0.39 is 0 Å². The van der Waals surface area contributed by atoms with Crippen molar-refractivity contribution in [1.29, 1.82) is 0 Å². The third kappa shape index (κ3) is 2.33. The third-order valence-electron chi connectivity index (χ3n) is 3.49. The van der Waals surface area contributed by atoms with E-state index in [1.807, 2.05) is 13.2 Å². The van der Waals surface area contributed by atoms with E-state index in [1.54, 1.807) is 11.3 Å². The van der Waals surface area contributed by atoms with Crippen LogP contribution in [0, 0.1) is 5.92 Å². The molecule has 0 aliphatic carbocycles. The molecule has 0 amide bonds. The van der Waals surface area contributed by atoms with Crippen molar-refractivity contribution >= 4 is 27.5 Å². The second-order valence-electron chi connectivity index (χ2n) is 4.86. The van der Waals surface area contributed by atoms with Crippen LogP contribution in [0.25, 0.3) is 10.2 Å². The lowest BCUT2D eigenvalue weighted by Gasteiger charge is -2.32. The Labute approximate surface area is 111 Å². The van der Waals surface area contributed by atoms with E-state index >= 15 is 0 Å². The molecule has 1 aliphatic heterocycles. The molecule has 1 atom stereocenters. The summed E-state index contributed by atoms with van der Waals surface area (Å²) in [4.78, 5) is 12.6. The monoisotopic (exact) mass is 262 g/mol. The highest BCUT2D eigenvalue weighted by Crippen LogP contribution is 2.23. The molecule has 0 saturated carbocycles. The van der Waals surface area contributed by atoms with Crippen LogP contribution < -0.4 is 10.2 Å². The maximum Gasteiger partial charge on any atom is 0.226 e. The Bertz CT molecular complexity index is 522. The minimum absolute atomic E-state index is 0.714. The standard InChI is InChI=1S/C13H18N4S/c1-14-7-10-3-2-5-17(9-10)13-15-8-11-4-6-18-12(11)16-13/h4,6,8,10,14H,2-3,5,7,9H2,1H3. The van der Waals surface area contributed by atoms with E-state index in [-0.39, 0.29) is 0 Å². The van der Waals surface area contributed by atoms with Crippen molar-refractivity contribution in [3.05, 3.63) is 17.6 Å². The molecule has 1 unspecified atom stereocenters. The van der Waals surface area contributed by atoms with Crippen molar-refractivity contribution in [3.63, 3.8) is 0 Å². The zero-order valence-corrected chi connectivity index (χ0v) is 11.4. The molecule has 3 heterocycles. The van der Waals surface area contributed by atoms with Crippen LogP contribution in [0.2, 0.25) is 0 Å². The van der Waals surface area contributed by atoms with E-state index in [0.29, 0.717) is 5.92 Å². The average molecular weight is 262 g/mol. The van der Waals surface area contributed by atoms with Gasteiger partial charge in [-0.25, -0.2) is 9.97 Å². The molecular weight excluding hydrogens is 244 g/mol. The van der Waals surface area contributed by atoms with Gasteiger partial charge in [0.2, 0.25) is 5.95 Å². The number of thiophene rings is 1. The fraction of sp³-hybridized carbons (Fsp3) is 0.538. The van der Waals surface area contributed by atoms with Crippen LogP contribution in [0.3, 0.4) is 0 Å². The predicted octanol–water partition coefficient (Wildman–Crippen LogP) is 2.13. The molecule has 1 saturated heterocycles. The highest BCUT2D eigenvalue weighted by Gasteiger charge is 2.21. The summed E-state index contributed by atoms with van der Waals surface area (Å²) in [5, 5.41) is 6.49. The second kappa shape index (κ2) is 5.20. The van der Waals surface area contributed by atoms with Crippen molar-refractivity contribution in [2.75, 3.05) is 31.6 Å². The highest BCUT2D eigenvalue weighted by atomic mass is 32.1. The van der Waals surface area contributed by atoms with Crippen LogP contribution in [0.1, 0.15) is 12.8 Å². The molecule has 0 aromatic carbocycles. The number of aromatic nitrogens is 2. The zero-order valence-electron chi connectivity index (χ0n) is 10.6. The lowest BCUT2D eigenvalue weighted by atomic mass is 9.98. The number of nitrogens with zero attached hydrogens (tertiary/aromatic N) is 3. The molecule has 2 aromatic rings. The summed E-state index contributed by atoms with van der Waals surface area (Å²) in [6.07, 6.45) is 4.48. The van der Waals surface area contributed by atoms with Crippen molar-refractivity contribution in [1.82, 2.24) is 15.3 Å². The third-order valence-corrected chi connectivity index (χ3v) is 4.31. The summed E-state index contributed by atoms with van der Waals surface area (Å²) in [5.74, 6) is 1.61. The van der Waals surface area contributed by atoms with E-state index in [1.165, 1.54) is 12.8 Å². The minimum atomic E-state index is 0.714. The first-order valence-corrected chi connectivity index (χ1v) is 7.34. The van der Waals surface area contributed by atoms with Gasteiger partial charge in [-0.1, -0.05) is 0 Å². The van der Waals surface area contributed by atoms with Crippen molar-refractivity contribution in [2.24, 2.45) is 5.92 Å². The molecule has 2 aromatic heterocycles. The van der Waals surface area contributed by atoms with Gasteiger partial charge in [-0.3, -0.25) is 0 Å². The van der Waals surface area contributed by atoms with Crippen LogP contribution in [-0.4, -0.2) is 36.6 Å². The number of rotatable bonds is 3. The van der Waals surface area contributed by atoms with Gasteiger partial charge >= 0.3 is 0 Å². The minimum Gasteiger partial charge on any atom is -0.340 e. The normalized spacial score (nSPS) is 20.5. The Hall–Kier alpha value is -1.20. The number of nitrogens with one attached hydrogen (secondary N) is 1. The Morgan fingerprint density at radius 3 is 3.39 bits per heavy atom. The molecule has 3 rings (SSSR count). The molecule has 0 spiro atoms. The zero-order chi connectivity index (χ0) is 12.4. The largest absolute Gasteiger partial charge is 0.340 e. The van der Waals surface area contributed by atoms with E-state index in [2.05, 4.69) is 31.6 Å². The lowest BCUT2D eigenvalue weighted by molar-refractivity contribution is 0.399. The molecule has 0 bridgehead atoms. The quantitative estimate of drug-likeness (QED) is 0.920. The molecule has 1 fully saturated rings. The molecule has 18 heavy (non-hydrogen) atoms. The highest BCUT2D eigenvalue weighted by molar-refractivity contribution is 7.16. The molecule has 4 nitrogen and oxygen atoms in total. The number of hydrogen-bond donors (Lipinski definition) is 1. The molecule has 1 N–H and O–H groups in total. The summed E-state index contributed by atoms with van der Waals surface area (Å²) in [7, 11) is 2.02. The number of hydrogen-bond acceptors (Lipinski definition) is 5. The fourth-order valence-corrected chi connectivity index (χ4v) is 3.34. The van der Waals surface area contributed by atoms with Gasteiger partial charge in [0.15, 0.2) is 0 Å². The van der Waals surface area contributed by atoms with Crippen LogP contribution in [0.5, 0.6) is 0 Å². The first-order valence-electron chi connectivity index (χ1n) is 6.46. The van der Waals surface area contributed by atoms with E-state index in [4.69, 9.17) is 0 Å². The summed E-state index contributed by atoms with van der Waals surface area (Å²) in [6, 6.07) is 2.07. The lowest BCUT2D eigenvalue weighted by Crippen LogP contribution is -2.39. The summed E-state index contributed by atoms with van der Waals surface area (Å²) in [6.45, 7) is 3.23. The van der Waals surface area contributed by atoms with Gasteiger partial charge in [0.1, 0.15) is 4.83 Å². The molecule has 0 radical (unpaired) electrons. The number of anilines is 1. The van der Waals surface area contributed by atoms with Gasteiger partial charge in [0.05, 0.1) is 0 Å². The number of fused-ring (bicyclic) bond motifs is 1. The maximum absolute atomic E-state index is 4.67. The maximum atomic E-state index is 4.67. The van der Waals surface area contributed by atoms with Crippen LogP contribution in [0.4, 0.5) is 5.95 Å². The Morgan fingerprint density at radius 2 is 2.50 bits per heavy atom. The smallest absolute Gasteiger partial charge is 0.226 e. The van der Waals surface area contributed by atoms with Gasteiger partial charge in [0.25, 0.3) is 0 Å². The molecule has 1 aliphatic rings. The topological polar surface area (TPSA) is 41.0 Å². The average Bonchev–Trinajstić information content (AvgIpc) is 2.86. The fourth-order valence-electron chi connectivity index (χ4n) is 2.60. The van der Waals surface area contributed by atoms with Gasteiger partial charge in [-0.15, -0.1) is 11.3 Å². The van der Waals surface area contributed by atoms with Gasteiger partial charge in [-0.05, 0) is 43.8 Å². The first-order chi connectivity index (χ1) is 8.86. The molecule has 5 heteroatoms. The van der Waals surface area contributed by atoms with Gasteiger partial charge in [0, 0.05) is 24.7 Å².